The molecule has 80 valence electrons. The summed E-state index contributed by atoms with van der Waals surface area (Å²) in [5, 5.41) is 0.917. The van der Waals surface area contributed by atoms with Crippen LogP contribution in [0.1, 0.15) is 5.89 Å². The van der Waals surface area contributed by atoms with Gasteiger partial charge in [-0.2, -0.15) is 0 Å². The number of pyridine rings is 1. The molecule has 2 aromatic heterocycles. The van der Waals surface area contributed by atoms with Gasteiger partial charge in [0.25, 0.3) is 5.56 Å². The van der Waals surface area contributed by atoms with Gasteiger partial charge in [0.15, 0.2) is 17.0 Å². The fraction of sp³-hybridized carbons (Fsp3) is 0.167. The predicted octanol–water partition coefficient (Wildman–Crippen LogP) is 1.99. The molecule has 4 heteroatoms. The van der Waals surface area contributed by atoms with Gasteiger partial charge in [-0.3, -0.25) is 4.79 Å². The Morgan fingerprint density at radius 1 is 1.31 bits per heavy atom. The highest BCUT2D eigenvalue weighted by atomic mass is 16.3. The topological polar surface area (TPSA) is 48.0 Å². The molecular formula is C12H10N2O2. The van der Waals surface area contributed by atoms with E-state index in [1.54, 1.807) is 18.5 Å². The standard InChI is InChI=1S/C12H10N2O2/c1-7-13-10-11(16-7)8-5-3-4-6-9(8)14(2)12(10)15/h3-6H,1-2H3. The molecule has 0 amide bonds. The van der Waals surface area contributed by atoms with Crippen molar-refractivity contribution in [1.82, 2.24) is 9.55 Å². The van der Waals surface area contributed by atoms with Gasteiger partial charge in [-0.1, -0.05) is 12.1 Å². The second-order valence-electron chi connectivity index (χ2n) is 3.79. The minimum absolute atomic E-state index is 0.120. The molecule has 3 rings (SSSR count). The first kappa shape index (κ1) is 9.15. The van der Waals surface area contributed by atoms with Crippen molar-refractivity contribution in [3.05, 3.63) is 40.5 Å². The normalized spacial score (nSPS) is 11.4. The van der Waals surface area contributed by atoms with Crippen molar-refractivity contribution in [2.45, 2.75) is 6.92 Å². The number of para-hydroxylation sites is 1. The molecule has 0 fully saturated rings. The molecule has 0 saturated heterocycles. The van der Waals surface area contributed by atoms with Crippen molar-refractivity contribution >= 4 is 22.0 Å². The van der Waals surface area contributed by atoms with Crippen molar-refractivity contribution in [1.29, 1.82) is 0 Å². The maximum absolute atomic E-state index is 12.0. The first-order valence-electron chi connectivity index (χ1n) is 5.03. The number of hydrogen-bond donors (Lipinski definition) is 0. The van der Waals surface area contributed by atoms with Crippen LogP contribution in [-0.2, 0) is 7.05 Å². The van der Waals surface area contributed by atoms with E-state index >= 15 is 0 Å². The van der Waals surface area contributed by atoms with Crippen LogP contribution in [-0.4, -0.2) is 9.55 Å². The molecule has 0 spiro atoms. The fourth-order valence-corrected chi connectivity index (χ4v) is 1.98. The monoisotopic (exact) mass is 214 g/mol. The Bertz CT molecular complexity index is 753. The van der Waals surface area contributed by atoms with Crippen LogP contribution in [0.3, 0.4) is 0 Å². The highest BCUT2D eigenvalue weighted by molar-refractivity contribution is 6.00. The van der Waals surface area contributed by atoms with Crippen LogP contribution in [0.5, 0.6) is 0 Å². The van der Waals surface area contributed by atoms with Crippen molar-refractivity contribution in [2.75, 3.05) is 0 Å². The third-order valence-electron chi connectivity index (χ3n) is 2.75. The molecule has 0 aliphatic heterocycles. The Hall–Kier alpha value is -2.10. The zero-order chi connectivity index (χ0) is 11.3. The molecule has 0 unspecified atom stereocenters. The number of fused-ring (bicyclic) bond motifs is 3. The largest absolute Gasteiger partial charge is 0.440 e. The summed E-state index contributed by atoms with van der Waals surface area (Å²) in [4.78, 5) is 16.1. The van der Waals surface area contributed by atoms with Crippen LogP contribution in [0.2, 0.25) is 0 Å². The molecule has 4 nitrogen and oxygen atoms in total. The summed E-state index contributed by atoms with van der Waals surface area (Å²) in [5.74, 6) is 0.517. The molecule has 16 heavy (non-hydrogen) atoms. The molecule has 2 heterocycles. The SMILES string of the molecule is Cc1nc2c(=O)n(C)c3ccccc3c2o1. The van der Waals surface area contributed by atoms with Crippen LogP contribution in [0.4, 0.5) is 0 Å². The van der Waals surface area contributed by atoms with E-state index in [0.29, 0.717) is 17.0 Å². The third-order valence-corrected chi connectivity index (χ3v) is 2.75. The number of rotatable bonds is 0. The fourth-order valence-electron chi connectivity index (χ4n) is 1.98. The number of hydrogen-bond acceptors (Lipinski definition) is 3. The summed E-state index contributed by atoms with van der Waals surface area (Å²) in [7, 11) is 1.74. The lowest BCUT2D eigenvalue weighted by Gasteiger charge is -2.03. The van der Waals surface area contributed by atoms with Gasteiger partial charge in [0.05, 0.1) is 5.52 Å². The molecule has 0 aliphatic rings. The molecule has 0 bridgehead atoms. The average molecular weight is 214 g/mol. The van der Waals surface area contributed by atoms with E-state index in [9.17, 15) is 4.79 Å². The number of aromatic nitrogens is 2. The van der Waals surface area contributed by atoms with E-state index in [0.717, 1.165) is 10.9 Å². The zero-order valence-corrected chi connectivity index (χ0v) is 9.02. The lowest BCUT2D eigenvalue weighted by atomic mass is 10.2. The van der Waals surface area contributed by atoms with Crippen LogP contribution in [0.15, 0.2) is 33.5 Å². The lowest BCUT2D eigenvalue weighted by Crippen LogP contribution is -2.17. The second kappa shape index (κ2) is 2.95. The molecule has 0 saturated carbocycles. The Morgan fingerprint density at radius 2 is 2.06 bits per heavy atom. The Kier molecular flexibility index (Phi) is 1.68. The van der Waals surface area contributed by atoms with E-state index < -0.39 is 0 Å². The Morgan fingerprint density at radius 3 is 2.88 bits per heavy atom. The van der Waals surface area contributed by atoms with Crippen LogP contribution in [0.25, 0.3) is 22.0 Å². The maximum Gasteiger partial charge on any atom is 0.280 e. The summed E-state index contributed by atoms with van der Waals surface area (Å²) in [5.41, 5.74) is 1.72. The van der Waals surface area contributed by atoms with Gasteiger partial charge in [0, 0.05) is 19.4 Å². The zero-order valence-electron chi connectivity index (χ0n) is 9.02. The number of nitrogens with zero attached hydrogens (tertiary/aromatic N) is 2. The minimum atomic E-state index is -0.120. The van der Waals surface area contributed by atoms with E-state index in [4.69, 9.17) is 4.42 Å². The van der Waals surface area contributed by atoms with Crippen molar-refractivity contribution < 1.29 is 4.42 Å². The van der Waals surface area contributed by atoms with Crippen LogP contribution in [0, 0.1) is 6.92 Å². The molecule has 3 aromatic rings. The smallest absolute Gasteiger partial charge is 0.280 e. The van der Waals surface area contributed by atoms with Crippen LogP contribution < -0.4 is 5.56 Å². The maximum atomic E-state index is 12.0. The number of benzene rings is 1. The van der Waals surface area contributed by atoms with Crippen LogP contribution >= 0.6 is 0 Å². The predicted molar refractivity (Wildman–Crippen MR) is 61.5 cm³/mol. The Balaban J connectivity index is 2.73. The van der Waals surface area contributed by atoms with Gasteiger partial charge < -0.3 is 8.98 Å². The van der Waals surface area contributed by atoms with Gasteiger partial charge in [0.1, 0.15) is 0 Å². The molecule has 0 atom stereocenters. The molecule has 0 N–H and O–H groups in total. The molecule has 1 aromatic carbocycles. The highest BCUT2D eigenvalue weighted by Gasteiger charge is 2.13. The number of oxazole rings is 1. The summed E-state index contributed by atoms with van der Waals surface area (Å²) in [6.45, 7) is 1.74. The van der Waals surface area contributed by atoms with Gasteiger partial charge in [0.2, 0.25) is 0 Å². The first-order chi connectivity index (χ1) is 7.68. The summed E-state index contributed by atoms with van der Waals surface area (Å²) < 4.78 is 7.09. The Labute approximate surface area is 91.1 Å². The molecule has 0 radical (unpaired) electrons. The van der Waals surface area contributed by atoms with Gasteiger partial charge in [-0.15, -0.1) is 0 Å². The summed E-state index contributed by atoms with van der Waals surface area (Å²) in [6.07, 6.45) is 0. The third kappa shape index (κ3) is 1.04. The van der Waals surface area contributed by atoms with E-state index in [2.05, 4.69) is 4.98 Å². The summed E-state index contributed by atoms with van der Waals surface area (Å²) >= 11 is 0. The highest BCUT2D eigenvalue weighted by Crippen LogP contribution is 2.22. The van der Waals surface area contributed by atoms with Crippen molar-refractivity contribution in [2.24, 2.45) is 7.05 Å². The van der Waals surface area contributed by atoms with E-state index in [1.807, 2.05) is 24.3 Å². The summed E-state index contributed by atoms with van der Waals surface area (Å²) in [6, 6.07) is 7.65. The van der Waals surface area contributed by atoms with E-state index in [-0.39, 0.29) is 5.56 Å². The minimum Gasteiger partial charge on any atom is -0.440 e. The average Bonchev–Trinajstić information content (AvgIpc) is 2.68. The van der Waals surface area contributed by atoms with Gasteiger partial charge in [-0.05, 0) is 12.1 Å². The first-order valence-corrected chi connectivity index (χ1v) is 5.03. The van der Waals surface area contributed by atoms with Crippen molar-refractivity contribution in [3.8, 4) is 0 Å². The quantitative estimate of drug-likeness (QED) is 0.575. The molecule has 0 aliphatic carbocycles. The van der Waals surface area contributed by atoms with Gasteiger partial charge in [-0.25, -0.2) is 4.98 Å². The number of aryl methyl sites for hydroxylation is 2. The van der Waals surface area contributed by atoms with Crippen molar-refractivity contribution in [3.63, 3.8) is 0 Å². The van der Waals surface area contributed by atoms with E-state index in [1.165, 1.54) is 0 Å². The lowest BCUT2D eigenvalue weighted by molar-refractivity contribution is 0.563. The molecular weight excluding hydrogens is 204 g/mol. The second-order valence-corrected chi connectivity index (χ2v) is 3.79. The van der Waals surface area contributed by atoms with Gasteiger partial charge >= 0.3 is 0 Å².